The van der Waals surface area contributed by atoms with E-state index in [-0.39, 0.29) is 0 Å². The fourth-order valence-corrected chi connectivity index (χ4v) is 2.36. The summed E-state index contributed by atoms with van der Waals surface area (Å²) in [5.74, 6) is 0.599. The Kier molecular flexibility index (Phi) is 3.19. The van der Waals surface area contributed by atoms with E-state index in [4.69, 9.17) is 23.2 Å². The molecule has 0 spiro atoms. The van der Waals surface area contributed by atoms with Crippen molar-refractivity contribution >= 4 is 34.5 Å². The first-order valence-corrected chi connectivity index (χ1v) is 5.87. The third kappa shape index (κ3) is 2.87. The molecule has 0 radical (unpaired) electrons. The normalized spacial score (nSPS) is 10.6. The molecule has 0 bridgehead atoms. The molecule has 0 N–H and O–H groups in total. The lowest BCUT2D eigenvalue weighted by molar-refractivity contribution is 0.952. The van der Waals surface area contributed by atoms with Crippen molar-refractivity contribution in [2.75, 3.05) is 0 Å². The Balaban J connectivity index is 2.24. The van der Waals surface area contributed by atoms with Crippen LogP contribution in [0.5, 0.6) is 0 Å². The Morgan fingerprint density at radius 3 is 2.40 bits per heavy atom. The average molecular weight is 260 g/mol. The molecular formula is C9H7Cl2N3S. The van der Waals surface area contributed by atoms with Crippen molar-refractivity contribution in [3.8, 4) is 0 Å². The fourth-order valence-electron chi connectivity index (χ4n) is 1.13. The number of hydrogen-bond donors (Lipinski definition) is 0. The van der Waals surface area contributed by atoms with Gasteiger partial charge in [-0.05, 0) is 6.92 Å². The summed E-state index contributed by atoms with van der Waals surface area (Å²) in [5.41, 5.74) is 1.00. The molecule has 0 aromatic carbocycles. The first kappa shape index (κ1) is 10.8. The van der Waals surface area contributed by atoms with Gasteiger partial charge < -0.3 is 0 Å². The van der Waals surface area contributed by atoms with E-state index in [1.807, 2.05) is 12.3 Å². The molecule has 2 aromatic heterocycles. The molecule has 2 rings (SSSR count). The summed E-state index contributed by atoms with van der Waals surface area (Å²) in [6.45, 7) is 1.95. The molecule has 0 aliphatic heterocycles. The molecule has 2 heterocycles. The van der Waals surface area contributed by atoms with Crippen molar-refractivity contribution in [2.45, 2.75) is 13.3 Å². The SMILES string of the molecule is Cc1csc(Cc2nc(Cl)cc(Cl)n2)n1. The Labute approximate surface area is 101 Å². The van der Waals surface area contributed by atoms with Crippen molar-refractivity contribution in [2.24, 2.45) is 0 Å². The Bertz CT molecular complexity index is 464. The molecule has 0 aliphatic rings. The Morgan fingerprint density at radius 1 is 1.20 bits per heavy atom. The zero-order valence-electron chi connectivity index (χ0n) is 7.87. The zero-order valence-corrected chi connectivity index (χ0v) is 10.2. The maximum Gasteiger partial charge on any atom is 0.138 e. The van der Waals surface area contributed by atoms with Crippen LogP contribution in [-0.4, -0.2) is 15.0 Å². The second-order valence-corrected chi connectivity index (χ2v) is 4.71. The molecule has 6 heteroatoms. The van der Waals surface area contributed by atoms with E-state index >= 15 is 0 Å². The van der Waals surface area contributed by atoms with E-state index in [1.54, 1.807) is 11.3 Å². The predicted molar refractivity (Wildman–Crippen MR) is 61.7 cm³/mol. The average Bonchev–Trinajstić information content (AvgIpc) is 2.49. The molecule has 0 aliphatic carbocycles. The van der Waals surface area contributed by atoms with E-state index in [1.165, 1.54) is 6.07 Å². The molecule has 0 unspecified atom stereocenters. The summed E-state index contributed by atoms with van der Waals surface area (Å²) in [5, 5.41) is 3.67. The summed E-state index contributed by atoms with van der Waals surface area (Å²) in [6.07, 6.45) is 0.568. The first-order chi connectivity index (χ1) is 7.13. The van der Waals surface area contributed by atoms with E-state index in [0.717, 1.165) is 10.7 Å². The first-order valence-electron chi connectivity index (χ1n) is 4.23. The highest BCUT2D eigenvalue weighted by Crippen LogP contribution is 2.16. The van der Waals surface area contributed by atoms with Gasteiger partial charge in [-0.2, -0.15) is 0 Å². The number of rotatable bonds is 2. The monoisotopic (exact) mass is 259 g/mol. The van der Waals surface area contributed by atoms with Crippen LogP contribution in [0.2, 0.25) is 10.3 Å². The van der Waals surface area contributed by atoms with Gasteiger partial charge in [-0.25, -0.2) is 15.0 Å². The van der Waals surface area contributed by atoms with E-state index in [9.17, 15) is 0 Å². The molecule has 0 saturated heterocycles. The van der Waals surface area contributed by atoms with Gasteiger partial charge in [-0.1, -0.05) is 23.2 Å². The molecular weight excluding hydrogens is 253 g/mol. The van der Waals surface area contributed by atoms with Gasteiger partial charge >= 0.3 is 0 Å². The lowest BCUT2D eigenvalue weighted by Crippen LogP contribution is -1.96. The summed E-state index contributed by atoms with van der Waals surface area (Å²) < 4.78 is 0. The topological polar surface area (TPSA) is 38.7 Å². The number of halogens is 2. The highest BCUT2D eigenvalue weighted by atomic mass is 35.5. The van der Waals surface area contributed by atoms with Gasteiger partial charge in [0.1, 0.15) is 21.1 Å². The number of aryl methyl sites for hydroxylation is 1. The van der Waals surface area contributed by atoms with Crippen molar-refractivity contribution in [3.63, 3.8) is 0 Å². The van der Waals surface area contributed by atoms with Gasteiger partial charge in [-0.15, -0.1) is 11.3 Å². The second-order valence-electron chi connectivity index (χ2n) is 2.99. The van der Waals surface area contributed by atoms with Crippen LogP contribution in [0.4, 0.5) is 0 Å². The molecule has 0 saturated carbocycles. The molecule has 3 nitrogen and oxygen atoms in total. The maximum atomic E-state index is 5.77. The summed E-state index contributed by atoms with van der Waals surface area (Å²) in [7, 11) is 0. The molecule has 78 valence electrons. The van der Waals surface area contributed by atoms with Crippen molar-refractivity contribution in [1.29, 1.82) is 0 Å². The van der Waals surface area contributed by atoms with Gasteiger partial charge in [0.25, 0.3) is 0 Å². The van der Waals surface area contributed by atoms with E-state index in [0.29, 0.717) is 22.6 Å². The molecule has 2 aromatic rings. The standard InChI is InChI=1S/C9H7Cl2N3S/c1-5-4-15-9(12-5)3-8-13-6(10)2-7(11)14-8/h2,4H,3H2,1H3. The van der Waals surface area contributed by atoms with Crippen LogP contribution in [0.15, 0.2) is 11.4 Å². The third-order valence-corrected chi connectivity index (χ3v) is 3.04. The van der Waals surface area contributed by atoms with Gasteiger partial charge in [0.15, 0.2) is 0 Å². The van der Waals surface area contributed by atoms with E-state index < -0.39 is 0 Å². The number of thiazole rings is 1. The third-order valence-electron chi connectivity index (χ3n) is 1.69. The molecule has 15 heavy (non-hydrogen) atoms. The van der Waals surface area contributed by atoms with Crippen LogP contribution >= 0.6 is 34.5 Å². The van der Waals surface area contributed by atoms with Crippen LogP contribution in [0, 0.1) is 6.92 Å². The smallest absolute Gasteiger partial charge is 0.138 e. The molecule has 0 atom stereocenters. The number of hydrogen-bond acceptors (Lipinski definition) is 4. The van der Waals surface area contributed by atoms with Crippen molar-refractivity contribution < 1.29 is 0 Å². The van der Waals surface area contributed by atoms with Crippen LogP contribution < -0.4 is 0 Å². The quantitative estimate of drug-likeness (QED) is 0.778. The van der Waals surface area contributed by atoms with Gasteiger partial charge in [0.2, 0.25) is 0 Å². The van der Waals surface area contributed by atoms with Crippen molar-refractivity contribution in [1.82, 2.24) is 15.0 Å². The van der Waals surface area contributed by atoms with Crippen LogP contribution in [0.1, 0.15) is 16.5 Å². The maximum absolute atomic E-state index is 5.77. The van der Waals surface area contributed by atoms with Gasteiger partial charge in [-0.3, -0.25) is 0 Å². The zero-order chi connectivity index (χ0) is 10.8. The van der Waals surface area contributed by atoms with Gasteiger partial charge in [0, 0.05) is 17.1 Å². The Morgan fingerprint density at radius 2 is 1.87 bits per heavy atom. The minimum atomic E-state index is 0.360. The largest absolute Gasteiger partial charge is 0.246 e. The minimum Gasteiger partial charge on any atom is -0.246 e. The second kappa shape index (κ2) is 4.43. The predicted octanol–water partition coefficient (Wildman–Crippen LogP) is 3.14. The summed E-state index contributed by atoms with van der Waals surface area (Å²) >= 11 is 13.1. The molecule has 0 fully saturated rings. The number of nitrogens with zero attached hydrogens (tertiary/aromatic N) is 3. The minimum absolute atomic E-state index is 0.360. The van der Waals surface area contributed by atoms with E-state index in [2.05, 4.69) is 15.0 Å². The number of aromatic nitrogens is 3. The summed E-state index contributed by atoms with van der Waals surface area (Å²) in [6, 6.07) is 1.51. The van der Waals surface area contributed by atoms with Crippen LogP contribution in [0.25, 0.3) is 0 Å². The Hall–Kier alpha value is -0.710. The lowest BCUT2D eigenvalue weighted by Gasteiger charge is -1.98. The lowest BCUT2D eigenvalue weighted by atomic mass is 10.4. The molecule has 0 amide bonds. The van der Waals surface area contributed by atoms with Crippen molar-refractivity contribution in [3.05, 3.63) is 38.3 Å². The van der Waals surface area contributed by atoms with Gasteiger partial charge in [0.05, 0.1) is 6.42 Å². The van der Waals surface area contributed by atoms with Crippen LogP contribution in [0.3, 0.4) is 0 Å². The fraction of sp³-hybridized carbons (Fsp3) is 0.222. The van der Waals surface area contributed by atoms with Crippen LogP contribution in [-0.2, 0) is 6.42 Å². The highest BCUT2D eigenvalue weighted by molar-refractivity contribution is 7.09. The highest BCUT2D eigenvalue weighted by Gasteiger charge is 2.05. The summed E-state index contributed by atoms with van der Waals surface area (Å²) in [4.78, 5) is 12.5.